The normalized spacial score (nSPS) is 24.4. The average molecular weight is 701 g/mol. The highest BCUT2D eigenvalue weighted by Gasteiger charge is 2.58. The molecule has 1 saturated heterocycles. The number of hydrogen-bond donors (Lipinski definition) is 3. The van der Waals surface area contributed by atoms with Gasteiger partial charge in [-0.05, 0) is 39.5 Å². The van der Waals surface area contributed by atoms with Gasteiger partial charge in [0, 0.05) is 11.2 Å². The zero-order valence-corrected chi connectivity index (χ0v) is 28.8. The molecule has 4 N–H and O–H groups in total. The van der Waals surface area contributed by atoms with Crippen molar-refractivity contribution in [3.05, 3.63) is 6.33 Å². The molecule has 0 radical (unpaired) electrons. The van der Waals surface area contributed by atoms with Crippen LogP contribution in [0.1, 0.15) is 54.7 Å². The monoisotopic (exact) mass is 700 g/mol. The summed E-state index contributed by atoms with van der Waals surface area (Å²) in [6.45, 7) is 8.33. The van der Waals surface area contributed by atoms with Crippen molar-refractivity contribution in [1.29, 1.82) is 0 Å². The number of alkyl halides is 2. The van der Waals surface area contributed by atoms with Gasteiger partial charge in [0.25, 0.3) is 11.8 Å². The predicted molar refractivity (Wildman–Crippen MR) is 167 cm³/mol. The number of halogens is 2. The Hall–Kier alpha value is -1.69. The second kappa shape index (κ2) is 14.8. The summed E-state index contributed by atoms with van der Waals surface area (Å²) in [6.07, 6.45) is -4.02. The molecular weight excluding hydrogens is 662 g/mol. The van der Waals surface area contributed by atoms with Gasteiger partial charge in [0.1, 0.15) is 18.2 Å². The number of carbonyl (C=O) groups excluding carboxylic acids is 2. The van der Waals surface area contributed by atoms with Gasteiger partial charge < -0.3 is 34.1 Å². The second-order valence-corrected chi connectivity index (χ2v) is 16.0. The lowest BCUT2D eigenvalue weighted by molar-refractivity contribution is -0.149. The van der Waals surface area contributed by atoms with Crippen molar-refractivity contribution in [2.24, 2.45) is 5.41 Å². The molecule has 2 aromatic heterocycles. The van der Waals surface area contributed by atoms with Gasteiger partial charge in [-0.15, -0.1) is 0 Å². The minimum Gasteiger partial charge on any atom is -0.476 e. The Balaban J connectivity index is 1.78. The number of nitrogen functional groups attached to an aromatic ring is 1. The highest BCUT2D eigenvalue weighted by Crippen LogP contribution is 2.49. The van der Waals surface area contributed by atoms with Gasteiger partial charge in [0.2, 0.25) is 11.8 Å². The molecule has 1 unspecified atom stereocenters. The number of carbonyl (C=O) groups is 2. The van der Waals surface area contributed by atoms with Crippen molar-refractivity contribution in [3.63, 3.8) is 0 Å². The van der Waals surface area contributed by atoms with Gasteiger partial charge >= 0.3 is 5.97 Å². The maximum absolute atomic E-state index is 15.9. The number of esters is 1. The molecule has 1 aliphatic heterocycles. The van der Waals surface area contributed by atoms with Crippen LogP contribution in [0.2, 0.25) is 0 Å². The molecule has 3 heterocycles. The van der Waals surface area contributed by atoms with E-state index < -0.39 is 54.2 Å². The summed E-state index contributed by atoms with van der Waals surface area (Å²) in [5.74, 6) is -0.412. The van der Waals surface area contributed by atoms with Crippen molar-refractivity contribution >= 4 is 70.0 Å². The van der Waals surface area contributed by atoms with Gasteiger partial charge in [-0.3, -0.25) is 14.2 Å². The number of aliphatic hydroxyl groups is 1. The molecule has 19 heteroatoms. The Morgan fingerprint density at radius 3 is 2.64 bits per heavy atom. The highest BCUT2D eigenvalue weighted by molar-refractivity contribution is 8.13. The molecular formula is C25H39ClFN6O8PS2. The Bertz CT molecular complexity index is 1380. The number of nitrogens with one attached hydrogen (secondary N) is 1. The number of imidazole rings is 1. The molecule has 3 rings (SSSR count). The summed E-state index contributed by atoms with van der Waals surface area (Å²) in [4.78, 5) is 37.1. The van der Waals surface area contributed by atoms with Crippen LogP contribution in [-0.4, -0.2) is 90.8 Å². The summed E-state index contributed by atoms with van der Waals surface area (Å²) in [7, 11) is 0. The zero-order valence-electron chi connectivity index (χ0n) is 25.5. The van der Waals surface area contributed by atoms with Crippen LogP contribution in [0, 0.1) is 5.41 Å². The lowest BCUT2D eigenvalue weighted by Gasteiger charge is -2.28. The molecule has 0 saturated carbocycles. The summed E-state index contributed by atoms with van der Waals surface area (Å²) < 4.78 is 45.3. The van der Waals surface area contributed by atoms with Crippen LogP contribution >= 0.6 is 30.0 Å². The maximum Gasteiger partial charge on any atom is 0.323 e. The smallest absolute Gasteiger partial charge is 0.323 e. The Kier molecular flexibility index (Phi) is 12.4. The van der Waals surface area contributed by atoms with Crippen LogP contribution in [0.5, 0.6) is 5.88 Å². The lowest BCUT2D eigenvalue weighted by atomic mass is 10.00. The molecule has 0 bridgehead atoms. The van der Waals surface area contributed by atoms with E-state index in [0.717, 1.165) is 11.8 Å². The van der Waals surface area contributed by atoms with Crippen molar-refractivity contribution in [1.82, 2.24) is 24.6 Å². The number of rotatable bonds is 14. The number of nitrogens with two attached hydrogens (primary N) is 1. The number of aromatic nitrogens is 4. The first-order valence-corrected chi connectivity index (χ1v) is 17.8. The molecule has 1 fully saturated rings. The number of aliphatic hydroxyl groups excluding tert-OH is 1. The van der Waals surface area contributed by atoms with E-state index in [0.29, 0.717) is 0 Å². The summed E-state index contributed by atoms with van der Waals surface area (Å²) in [5, 5.41) is 10.8. The third-order valence-corrected chi connectivity index (χ3v) is 10.3. The van der Waals surface area contributed by atoms with Gasteiger partial charge in [0.05, 0.1) is 32.3 Å². The highest BCUT2D eigenvalue weighted by atomic mass is 35.5. The first-order valence-electron chi connectivity index (χ1n) is 13.8. The van der Waals surface area contributed by atoms with Gasteiger partial charge in [-0.2, -0.15) is 9.97 Å². The third-order valence-electron chi connectivity index (χ3n) is 5.98. The number of ether oxygens (including phenoxy) is 3. The van der Waals surface area contributed by atoms with E-state index in [9.17, 15) is 14.7 Å². The molecule has 44 heavy (non-hydrogen) atoms. The lowest BCUT2D eigenvalue weighted by Crippen LogP contribution is -2.39. The SMILES string of the molecule is CCOc1nc(N)nc2c1ncn2[C@@H]1O[C@H](COP(=S)(N[C@@H](C)C(=O)OC(C)C)OCCSC(=O)C(C)(C)C)[C@@H](O)[C@@]1(F)Cl. The molecule has 248 valence electrons. The van der Waals surface area contributed by atoms with E-state index in [1.165, 1.54) is 17.8 Å². The fourth-order valence-corrected chi connectivity index (χ4v) is 7.40. The topological polar surface area (TPSA) is 182 Å². The minimum atomic E-state index is -3.51. The van der Waals surface area contributed by atoms with Crippen LogP contribution in [0.4, 0.5) is 10.3 Å². The van der Waals surface area contributed by atoms with Crippen LogP contribution in [-0.2, 0) is 39.9 Å². The standard InChI is InChI=1S/C25H39ClFN6O8PS2/c1-8-37-19-16-18(30-23(28)31-19)33(12-29-16)21-25(26,27)17(34)15(41-21)11-39-42(43,32-14(4)20(35)40-13(2)3)38-9-10-44-22(36)24(5,6)7/h12-15,17,21,34H,8-11H2,1-7H3,(H,32,43)(H2,28,30,31)/t14-,15+,17+,21+,25-,42?/m0/s1. The fraction of sp³-hybridized carbons (Fsp3) is 0.720. The number of hydrogen-bond acceptors (Lipinski definition) is 14. The van der Waals surface area contributed by atoms with Gasteiger partial charge in [-0.25, -0.2) is 14.5 Å². The Labute approximate surface area is 269 Å². The molecule has 1 aliphatic rings. The van der Waals surface area contributed by atoms with Crippen LogP contribution in [0.3, 0.4) is 0 Å². The molecule has 0 amide bonds. The van der Waals surface area contributed by atoms with E-state index in [-0.39, 0.29) is 53.2 Å². The van der Waals surface area contributed by atoms with Crippen molar-refractivity contribution in [2.45, 2.75) is 84.2 Å². The average Bonchev–Trinajstić information content (AvgIpc) is 3.42. The molecule has 0 aliphatic carbocycles. The summed E-state index contributed by atoms with van der Waals surface area (Å²) >= 11 is 12.9. The largest absolute Gasteiger partial charge is 0.476 e. The van der Waals surface area contributed by atoms with Crippen molar-refractivity contribution < 1.29 is 42.3 Å². The first-order chi connectivity index (χ1) is 20.4. The first kappa shape index (κ1) is 36.8. The van der Waals surface area contributed by atoms with E-state index >= 15 is 4.39 Å². The summed E-state index contributed by atoms with van der Waals surface area (Å²) in [5.41, 5.74) is 5.51. The maximum atomic E-state index is 15.9. The Morgan fingerprint density at radius 2 is 2.02 bits per heavy atom. The number of fused-ring (bicyclic) bond motifs is 1. The van der Waals surface area contributed by atoms with Crippen LogP contribution in [0.15, 0.2) is 6.33 Å². The van der Waals surface area contributed by atoms with Gasteiger partial charge in [0.15, 0.2) is 22.5 Å². The van der Waals surface area contributed by atoms with E-state index in [1.54, 1.807) is 41.5 Å². The molecule has 6 atom stereocenters. The van der Waals surface area contributed by atoms with Crippen LogP contribution in [0.25, 0.3) is 11.2 Å². The molecule has 0 spiro atoms. The number of thioether (sulfide) groups is 1. The fourth-order valence-electron chi connectivity index (χ4n) is 3.84. The number of nitrogens with zero attached hydrogens (tertiary/aromatic N) is 4. The quantitative estimate of drug-likeness (QED) is 0.113. The second-order valence-electron chi connectivity index (χ2n) is 11.1. The van der Waals surface area contributed by atoms with Crippen molar-refractivity contribution in [2.75, 3.05) is 31.3 Å². The third kappa shape index (κ3) is 8.97. The minimum absolute atomic E-state index is 0.00765. The molecule has 0 aromatic carbocycles. The Morgan fingerprint density at radius 1 is 1.34 bits per heavy atom. The molecule has 14 nitrogen and oxygen atoms in total. The summed E-state index contributed by atoms with van der Waals surface area (Å²) in [6, 6.07) is -0.940. The molecule has 2 aromatic rings. The zero-order chi connectivity index (χ0) is 33.0. The van der Waals surface area contributed by atoms with Crippen molar-refractivity contribution in [3.8, 4) is 5.88 Å². The number of anilines is 1. The van der Waals surface area contributed by atoms with Crippen LogP contribution < -0.4 is 15.6 Å². The van der Waals surface area contributed by atoms with Gasteiger partial charge in [-0.1, -0.05) is 44.1 Å². The van der Waals surface area contributed by atoms with E-state index in [1.807, 2.05) is 0 Å². The predicted octanol–water partition coefficient (Wildman–Crippen LogP) is 3.46. The van der Waals surface area contributed by atoms with E-state index in [4.69, 9.17) is 52.4 Å². The van der Waals surface area contributed by atoms with E-state index in [2.05, 4.69) is 20.0 Å².